The first-order valence-electron chi connectivity index (χ1n) is 5.30. The molecule has 0 spiro atoms. The molecule has 0 unspecified atom stereocenters. The van der Waals surface area contributed by atoms with Gasteiger partial charge in [-0.05, 0) is 19.1 Å². The Hall–Kier alpha value is -1.72. The number of thiazole rings is 1. The number of fused-ring (bicyclic) bond motifs is 1. The first-order chi connectivity index (χ1) is 8.28. The van der Waals surface area contributed by atoms with E-state index >= 15 is 0 Å². The van der Waals surface area contributed by atoms with Crippen molar-refractivity contribution >= 4 is 22.4 Å². The molecule has 4 nitrogen and oxygen atoms in total. The van der Waals surface area contributed by atoms with E-state index in [1.54, 1.807) is 0 Å². The van der Waals surface area contributed by atoms with Crippen molar-refractivity contribution < 1.29 is 4.42 Å². The zero-order valence-corrected chi connectivity index (χ0v) is 10.1. The Kier molecular flexibility index (Phi) is 2.42. The van der Waals surface area contributed by atoms with Gasteiger partial charge in [0.2, 0.25) is 5.89 Å². The van der Waals surface area contributed by atoms with E-state index in [9.17, 15) is 0 Å². The molecule has 2 N–H and O–H groups in total. The van der Waals surface area contributed by atoms with Crippen LogP contribution in [-0.4, -0.2) is 9.97 Å². The van der Waals surface area contributed by atoms with Gasteiger partial charge in [0, 0.05) is 6.54 Å². The van der Waals surface area contributed by atoms with E-state index in [-0.39, 0.29) is 0 Å². The van der Waals surface area contributed by atoms with Crippen LogP contribution in [0.4, 0.5) is 0 Å². The van der Waals surface area contributed by atoms with Crippen LogP contribution in [0.3, 0.4) is 0 Å². The van der Waals surface area contributed by atoms with Gasteiger partial charge >= 0.3 is 0 Å². The predicted molar refractivity (Wildman–Crippen MR) is 67.7 cm³/mol. The SMILES string of the molecule is Cc1nc(CN)sc1-c1nc2ccccc2o1. The van der Waals surface area contributed by atoms with Gasteiger partial charge in [-0.1, -0.05) is 12.1 Å². The smallest absolute Gasteiger partial charge is 0.239 e. The van der Waals surface area contributed by atoms with Crippen molar-refractivity contribution in [3.63, 3.8) is 0 Å². The summed E-state index contributed by atoms with van der Waals surface area (Å²) in [5.41, 5.74) is 8.16. The standard InChI is InChI=1S/C12H11N3OS/c1-7-11(17-10(6-13)14-7)12-15-8-4-2-3-5-9(8)16-12/h2-5H,6,13H2,1H3. The molecule has 2 heterocycles. The third kappa shape index (κ3) is 1.73. The number of hydrogen-bond acceptors (Lipinski definition) is 5. The Labute approximate surface area is 102 Å². The third-order valence-electron chi connectivity index (χ3n) is 2.50. The lowest BCUT2D eigenvalue weighted by Crippen LogP contribution is -1.94. The molecular weight excluding hydrogens is 234 g/mol. The van der Waals surface area contributed by atoms with Crippen molar-refractivity contribution in [1.82, 2.24) is 9.97 Å². The highest BCUT2D eigenvalue weighted by atomic mass is 32.1. The topological polar surface area (TPSA) is 64.9 Å². The van der Waals surface area contributed by atoms with Crippen molar-refractivity contribution in [3.05, 3.63) is 35.0 Å². The van der Waals surface area contributed by atoms with Crippen LogP contribution in [-0.2, 0) is 6.54 Å². The predicted octanol–water partition coefficient (Wildman–Crippen LogP) is 2.72. The molecule has 0 aliphatic heterocycles. The van der Waals surface area contributed by atoms with Gasteiger partial charge in [0.1, 0.15) is 15.4 Å². The molecule has 0 saturated heterocycles. The number of para-hydroxylation sites is 2. The Morgan fingerprint density at radius 1 is 1.29 bits per heavy atom. The van der Waals surface area contributed by atoms with Crippen LogP contribution < -0.4 is 5.73 Å². The average Bonchev–Trinajstić information content (AvgIpc) is 2.91. The highest BCUT2D eigenvalue weighted by Crippen LogP contribution is 2.31. The normalized spacial score (nSPS) is 11.2. The molecule has 0 fully saturated rings. The first-order valence-corrected chi connectivity index (χ1v) is 6.12. The third-order valence-corrected chi connectivity index (χ3v) is 3.67. The molecule has 3 aromatic rings. The largest absolute Gasteiger partial charge is 0.435 e. The molecule has 86 valence electrons. The summed E-state index contributed by atoms with van der Waals surface area (Å²) in [6.45, 7) is 2.39. The number of nitrogens with zero attached hydrogens (tertiary/aromatic N) is 2. The van der Waals surface area contributed by atoms with E-state index in [0.29, 0.717) is 12.4 Å². The van der Waals surface area contributed by atoms with E-state index in [0.717, 1.165) is 26.7 Å². The summed E-state index contributed by atoms with van der Waals surface area (Å²) in [7, 11) is 0. The zero-order valence-electron chi connectivity index (χ0n) is 9.30. The zero-order chi connectivity index (χ0) is 11.8. The lowest BCUT2D eigenvalue weighted by molar-refractivity contribution is 0.621. The van der Waals surface area contributed by atoms with Crippen molar-refractivity contribution in [2.45, 2.75) is 13.5 Å². The van der Waals surface area contributed by atoms with Crippen LogP contribution in [0.25, 0.3) is 21.9 Å². The summed E-state index contributed by atoms with van der Waals surface area (Å²) in [6, 6.07) is 7.72. The fourth-order valence-electron chi connectivity index (χ4n) is 1.71. The molecule has 5 heteroatoms. The molecule has 0 saturated carbocycles. The molecule has 17 heavy (non-hydrogen) atoms. The molecule has 3 rings (SSSR count). The second-order valence-electron chi connectivity index (χ2n) is 3.71. The summed E-state index contributed by atoms with van der Waals surface area (Å²) in [4.78, 5) is 9.78. The Bertz CT molecular complexity index is 638. The first kappa shape index (κ1) is 10.4. The number of hydrogen-bond donors (Lipinski definition) is 1. The van der Waals surface area contributed by atoms with E-state index < -0.39 is 0 Å². The average molecular weight is 245 g/mol. The van der Waals surface area contributed by atoms with Crippen molar-refractivity contribution in [2.24, 2.45) is 5.73 Å². The summed E-state index contributed by atoms with van der Waals surface area (Å²) >= 11 is 1.54. The summed E-state index contributed by atoms with van der Waals surface area (Å²) in [5.74, 6) is 0.626. The minimum Gasteiger partial charge on any atom is -0.435 e. The van der Waals surface area contributed by atoms with Crippen molar-refractivity contribution in [3.8, 4) is 10.8 Å². The van der Waals surface area contributed by atoms with Crippen LogP contribution in [0, 0.1) is 6.92 Å². The maximum absolute atomic E-state index is 5.71. The lowest BCUT2D eigenvalue weighted by Gasteiger charge is -1.88. The maximum Gasteiger partial charge on any atom is 0.239 e. The van der Waals surface area contributed by atoms with Gasteiger partial charge in [0.25, 0.3) is 0 Å². The Morgan fingerprint density at radius 3 is 2.82 bits per heavy atom. The number of nitrogens with two attached hydrogens (primary N) is 1. The second kappa shape index (κ2) is 3.94. The van der Waals surface area contributed by atoms with Crippen molar-refractivity contribution in [2.75, 3.05) is 0 Å². The maximum atomic E-state index is 5.71. The van der Waals surface area contributed by atoms with Crippen LogP contribution >= 0.6 is 11.3 Å². The molecule has 0 radical (unpaired) electrons. The number of aromatic nitrogens is 2. The van der Waals surface area contributed by atoms with Gasteiger partial charge in [0.15, 0.2) is 5.58 Å². The summed E-state index contributed by atoms with van der Waals surface area (Å²) in [5, 5.41) is 0.903. The minimum absolute atomic E-state index is 0.450. The molecule has 0 aliphatic carbocycles. The van der Waals surface area contributed by atoms with Gasteiger partial charge in [-0.15, -0.1) is 11.3 Å². The van der Waals surface area contributed by atoms with Crippen LogP contribution in [0.2, 0.25) is 0 Å². The molecule has 0 aliphatic rings. The Balaban J connectivity index is 2.16. The van der Waals surface area contributed by atoms with Gasteiger partial charge in [-0.3, -0.25) is 0 Å². The van der Waals surface area contributed by atoms with E-state index in [2.05, 4.69) is 9.97 Å². The molecule has 0 atom stereocenters. The summed E-state index contributed by atoms with van der Waals surface area (Å²) < 4.78 is 5.71. The van der Waals surface area contributed by atoms with E-state index in [1.807, 2.05) is 31.2 Å². The monoisotopic (exact) mass is 245 g/mol. The van der Waals surface area contributed by atoms with Gasteiger partial charge in [-0.25, -0.2) is 9.97 Å². The molecular formula is C12H11N3OS. The van der Waals surface area contributed by atoms with Crippen LogP contribution in [0.15, 0.2) is 28.7 Å². The molecule has 0 amide bonds. The van der Waals surface area contributed by atoms with Gasteiger partial charge in [0.05, 0.1) is 5.69 Å². The lowest BCUT2D eigenvalue weighted by atomic mass is 10.3. The molecule has 1 aromatic carbocycles. The van der Waals surface area contributed by atoms with E-state index in [1.165, 1.54) is 11.3 Å². The minimum atomic E-state index is 0.450. The van der Waals surface area contributed by atoms with Crippen LogP contribution in [0.5, 0.6) is 0 Å². The fourth-order valence-corrected chi connectivity index (χ4v) is 2.58. The summed E-state index contributed by atoms with van der Waals surface area (Å²) in [6.07, 6.45) is 0. The quantitative estimate of drug-likeness (QED) is 0.754. The highest BCUT2D eigenvalue weighted by molar-refractivity contribution is 7.15. The fraction of sp³-hybridized carbons (Fsp3) is 0.167. The number of benzene rings is 1. The second-order valence-corrected chi connectivity index (χ2v) is 4.80. The van der Waals surface area contributed by atoms with Gasteiger partial charge < -0.3 is 10.2 Å². The Morgan fingerprint density at radius 2 is 2.12 bits per heavy atom. The number of aryl methyl sites for hydroxylation is 1. The molecule has 2 aromatic heterocycles. The van der Waals surface area contributed by atoms with Gasteiger partial charge in [-0.2, -0.15) is 0 Å². The number of rotatable bonds is 2. The number of oxazole rings is 1. The van der Waals surface area contributed by atoms with E-state index in [4.69, 9.17) is 10.2 Å². The molecule has 0 bridgehead atoms. The van der Waals surface area contributed by atoms with Crippen molar-refractivity contribution in [1.29, 1.82) is 0 Å². The van der Waals surface area contributed by atoms with Crippen LogP contribution in [0.1, 0.15) is 10.7 Å². The highest BCUT2D eigenvalue weighted by Gasteiger charge is 2.14.